The number of hydrogen-bond donors (Lipinski definition) is 0. The molecule has 0 radical (unpaired) electrons. The molecule has 0 saturated heterocycles. The van der Waals surface area contributed by atoms with Crippen LogP contribution in [0.15, 0.2) is 11.4 Å². The fraction of sp³-hybridized carbons (Fsp3) is 0.500. The second-order valence-corrected chi connectivity index (χ2v) is 3.88. The van der Waals surface area contributed by atoms with Gasteiger partial charge in [-0.25, -0.2) is 0 Å². The van der Waals surface area contributed by atoms with E-state index >= 15 is 0 Å². The van der Waals surface area contributed by atoms with Crippen LogP contribution in [0, 0.1) is 0 Å². The normalized spacial score (nSPS) is 10.7. The molecule has 0 amide bonds. The minimum absolute atomic E-state index is 0.821. The van der Waals surface area contributed by atoms with Crippen LogP contribution >= 0.6 is 11.3 Å². The maximum Gasteiger partial charge on any atom is 0.160 e. The van der Waals surface area contributed by atoms with Gasteiger partial charge in [0.15, 0.2) is 6.29 Å². The van der Waals surface area contributed by atoms with E-state index in [1.807, 2.05) is 6.07 Å². The lowest BCUT2D eigenvalue weighted by molar-refractivity contribution is 0.112. The molecule has 0 N–H and O–H groups in total. The fourth-order valence-electron chi connectivity index (χ4n) is 1.24. The minimum Gasteiger partial charge on any atom is -0.300 e. The molecule has 2 nitrogen and oxygen atoms in total. The van der Waals surface area contributed by atoms with E-state index < -0.39 is 0 Å². The molecule has 0 atom stereocenters. The van der Waals surface area contributed by atoms with Crippen LogP contribution in [-0.2, 0) is 6.54 Å². The second-order valence-electron chi connectivity index (χ2n) is 2.94. The lowest BCUT2D eigenvalue weighted by Gasteiger charge is -2.16. The lowest BCUT2D eigenvalue weighted by atomic mass is 10.3. The number of rotatable bonds is 5. The van der Waals surface area contributed by atoms with Crippen molar-refractivity contribution in [1.82, 2.24) is 4.90 Å². The van der Waals surface area contributed by atoms with Gasteiger partial charge in [-0.1, -0.05) is 13.8 Å². The third kappa shape index (κ3) is 2.94. The van der Waals surface area contributed by atoms with Gasteiger partial charge in [0.2, 0.25) is 0 Å². The van der Waals surface area contributed by atoms with Gasteiger partial charge in [0, 0.05) is 6.54 Å². The molecule has 0 saturated carbocycles. The van der Waals surface area contributed by atoms with Crippen LogP contribution in [0.25, 0.3) is 0 Å². The average Bonchev–Trinajstić information content (AvgIpc) is 2.61. The Morgan fingerprint density at radius 3 is 2.62 bits per heavy atom. The van der Waals surface area contributed by atoms with Crippen molar-refractivity contribution in [3.05, 3.63) is 21.9 Å². The highest BCUT2D eigenvalue weighted by molar-refractivity contribution is 7.11. The van der Waals surface area contributed by atoms with Crippen LogP contribution in [0.2, 0.25) is 0 Å². The van der Waals surface area contributed by atoms with Crippen molar-refractivity contribution in [3.8, 4) is 0 Å². The van der Waals surface area contributed by atoms with Crippen LogP contribution in [0.3, 0.4) is 0 Å². The van der Waals surface area contributed by atoms with E-state index in [1.165, 1.54) is 16.9 Å². The molecule has 13 heavy (non-hydrogen) atoms. The third-order valence-corrected chi connectivity index (χ3v) is 3.00. The lowest BCUT2D eigenvalue weighted by Crippen LogP contribution is -2.21. The number of nitrogens with zero attached hydrogens (tertiary/aromatic N) is 1. The summed E-state index contributed by atoms with van der Waals surface area (Å²) in [6.07, 6.45) is 0.913. The Balaban J connectivity index is 2.57. The molecule has 1 aromatic rings. The number of carbonyl (C=O) groups excluding carboxylic acids is 1. The van der Waals surface area contributed by atoms with Crippen molar-refractivity contribution in [2.24, 2.45) is 0 Å². The predicted molar refractivity (Wildman–Crippen MR) is 56.3 cm³/mol. The third-order valence-electron chi connectivity index (χ3n) is 2.09. The molecule has 0 fully saturated rings. The summed E-state index contributed by atoms with van der Waals surface area (Å²) in [5.41, 5.74) is 1.25. The van der Waals surface area contributed by atoms with Gasteiger partial charge < -0.3 is 0 Å². The van der Waals surface area contributed by atoms with Gasteiger partial charge in [0.25, 0.3) is 0 Å². The van der Waals surface area contributed by atoms with Crippen LogP contribution in [0.5, 0.6) is 0 Å². The predicted octanol–water partition coefficient (Wildman–Crippen LogP) is 2.40. The Labute approximate surface area is 83.2 Å². The zero-order valence-electron chi connectivity index (χ0n) is 8.12. The molecule has 1 rings (SSSR count). The van der Waals surface area contributed by atoms with E-state index in [0.29, 0.717) is 0 Å². The van der Waals surface area contributed by atoms with Crippen LogP contribution in [0.4, 0.5) is 0 Å². The van der Waals surface area contributed by atoms with Crippen molar-refractivity contribution >= 4 is 17.6 Å². The molecule has 0 unspecified atom stereocenters. The number of aldehydes is 1. The van der Waals surface area contributed by atoms with Gasteiger partial charge in [-0.3, -0.25) is 9.69 Å². The summed E-state index contributed by atoms with van der Waals surface area (Å²) in [6, 6.07) is 1.97. The van der Waals surface area contributed by atoms with Gasteiger partial charge in [0.05, 0.1) is 4.88 Å². The highest BCUT2D eigenvalue weighted by atomic mass is 32.1. The van der Waals surface area contributed by atoms with Gasteiger partial charge in [-0.05, 0) is 30.1 Å². The Bertz CT molecular complexity index is 266. The fourth-order valence-corrected chi connectivity index (χ4v) is 1.95. The molecule has 3 heteroatoms. The minimum atomic E-state index is 0.821. The average molecular weight is 197 g/mol. The zero-order valence-corrected chi connectivity index (χ0v) is 8.93. The Morgan fingerprint density at radius 1 is 1.46 bits per heavy atom. The Kier molecular flexibility index (Phi) is 4.12. The highest BCUT2D eigenvalue weighted by Gasteiger charge is 2.03. The maximum atomic E-state index is 10.4. The molecular formula is C10H15NOS. The summed E-state index contributed by atoms with van der Waals surface area (Å²) in [5, 5.41) is 2.06. The van der Waals surface area contributed by atoms with Crippen molar-refractivity contribution in [3.63, 3.8) is 0 Å². The van der Waals surface area contributed by atoms with E-state index in [-0.39, 0.29) is 0 Å². The number of carbonyl (C=O) groups is 1. The highest BCUT2D eigenvalue weighted by Crippen LogP contribution is 2.14. The van der Waals surface area contributed by atoms with Crippen molar-refractivity contribution in [1.29, 1.82) is 0 Å². The summed E-state index contributed by atoms with van der Waals surface area (Å²) in [7, 11) is 0. The van der Waals surface area contributed by atoms with E-state index in [4.69, 9.17) is 0 Å². The molecule has 1 aromatic heterocycles. The summed E-state index contributed by atoms with van der Waals surface area (Å²) >= 11 is 1.52. The monoisotopic (exact) mass is 197 g/mol. The smallest absolute Gasteiger partial charge is 0.160 e. The Hall–Kier alpha value is -0.670. The molecule has 0 aromatic carbocycles. The molecular weight excluding hydrogens is 182 g/mol. The second kappa shape index (κ2) is 5.14. The largest absolute Gasteiger partial charge is 0.300 e. The Morgan fingerprint density at radius 2 is 2.15 bits per heavy atom. The summed E-state index contributed by atoms with van der Waals surface area (Å²) in [6.45, 7) is 7.37. The van der Waals surface area contributed by atoms with Crippen molar-refractivity contribution in [2.75, 3.05) is 13.1 Å². The van der Waals surface area contributed by atoms with Gasteiger partial charge in [-0.15, -0.1) is 11.3 Å². The van der Waals surface area contributed by atoms with Crippen molar-refractivity contribution in [2.45, 2.75) is 20.4 Å². The first-order valence-corrected chi connectivity index (χ1v) is 5.43. The zero-order chi connectivity index (χ0) is 9.68. The quantitative estimate of drug-likeness (QED) is 0.676. The molecule has 0 aliphatic carbocycles. The SMILES string of the molecule is CCN(CC)Cc1csc(C=O)c1. The molecule has 0 spiro atoms. The summed E-state index contributed by atoms with van der Waals surface area (Å²) in [5.74, 6) is 0. The molecule has 0 aliphatic heterocycles. The maximum absolute atomic E-state index is 10.4. The van der Waals surface area contributed by atoms with Crippen LogP contribution in [-0.4, -0.2) is 24.3 Å². The number of hydrogen-bond acceptors (Lipinski definition) is 3. The topological polar surface area (TPSA) is 20.3 Å². The van der Waals surface area contributed by atoms with E-state index in [0.717, 1.165) is 30.8 Å². The first kappa shape index (κ1) is 10.4. The molecule has 0 bridgehead atoms. The van der Waals surface area contributed by atoms with Gasteiger partial charge >= 0.3 is 0 Å². The molecule has 72 valence electrons. The van der Waals surface area contributed by atoms with Gasteiger partial charge in [-0.2, -0.15) is 0 Å². The van der Waals surface area contributed by atoms with Gasteiger partial charge in [0.1, 0.15) is 0 Å². The summed E-state index contributed by atoms with van der Waals surface area (Å²) in [4.78, 5) is 13.6. The van der Waals surface area contributed by atoms with E-state index in [1.54, 1.807) is 0 Å². The molecule has 0 aliphatic rings. The first-order valence-electron chi connectivity index (χ1n) is 4.55. The van der Waals surface area contributed by atoms with E-state index in [9.17, 15) is 4.79 Å². The number of thiophene rings is 1. The van der Waals surface area contributed by atoms with Crippen LogP contribution < -0.4 is 0 Å². The van der Waals surface area contributed by atoms with E-state index in [2.05, 4.69) is 24.1 Å². The van der Waals surface area contributed by atoms with Crippen molar-refractivity contribution < 1.29 is 4.79 Å². The standard InChI is InChI=1S/C10H15NOS/c1-3-11(4-2)6-9-5-10(7-12)13-8-9/h5,7-8H,3-4,6H2,1-2H3. The molecule has 1 heterocycles. The van der Waals surface area contributed by atoms with Crippen LogP contribution in [0.1, 0.15) is 29.1 Å². The summed E-state index contributed by atoms with van der Waals surface area (Å²) < 4.78 is 0. The first-order chi connectivity index (χ1) is 6.30.